The number of carbonyl (C=O) groups excluding carboxylic acids is 1. The van der Waals surface area contributed by atoms with E-state index in [1.807, 2.05) is 6.07 Å². The molecule has 1 unspecified atom stereocenters. The van der Waals surface area contributed by atoms with Gasteiger partial charge in [0.2, 0.25) is 0 Å². The molecule has 2 saturated carbocycles. The number of ether oxygens (including phenoxy) is 1. The lowest BCUT2D eigenvalue weighted by molar-refractivity contribution is -0.172. The maximum absolute atomic E-state index is 12.8. The van der Waals surface area contributed by atoms with E-state index in [1.54, 1.807) is 6.07 Å². The highest BCUT2D eigenvalue weighted by Crippen LogP contribution is 2.65. The Morgan fingerprint density at radius 3 is 2.81 bits per heavy atom. The highest BCUT2D eigenvalue weighted by Gasteiger charge is 2.70. The zero-order chi connectivity index (χ0) is 18.3. The Kier molecular flexibility index (Phi) is 3.35. The number of hydrogen-bond donors (Lipinski definition) is 2. The van der Waals surface area contributed by atoms with Crippen LogP contribution in [0.1, 0.15) is 63.5 Å². The Morgan fingerprint density at radius 2 is 2.12 bits per heavy atom. The van der Waals surface area contributed by atoms with Crippen LogP contribution in [0.4, 0.5) is 0 Å². The lowest BCUT2D eigenvalue weighted by atomic mass is 9.47. The molecule has 5 atom stereocenters. The minimum Gasteiger partial charge on any atom is -0.504 e. The number of phenols is 1. The van der Waals surface area contributed by atoms with Gasteiger partial charge in [-0.2, -0.15) is 0 Å². The number of Topliss-reactive ketones (excluding diaryl/α,β-unsaturated/α-hetero) is 1. The summed E-state index contributed by atoms with van der Waals surface area (Å²) in [5.74, 6) is 1.94. The van der Waals surface area contributed by atoms with Crippen molar-refractivity contribution in [2.75, 3.05) is 0 Å². The summed E-state index contributed by atoms with van der Waals surface area (Å²) in [5, 5.41) is 22.5. The van der Waals surface area contributed by atoms with E-state index in [-0.39, 0.29) is 17.5 Å². The summed E-state index contributed by atoms with van der Waals surface area (Å²) >= 11 is 0. The van der Waals surface area contributed by atoms with Crippen molar-refractivity contribution in [3.8, 4) is 11.5 Å². The van der Waals surface area contributed by atoms with Crippen molar-refractivity contribution in [3.05, 3.63) is 23.3 Å². The van der Waals surface area contributed by atoms with Gasteiger partial charge in [0.15, 0.2) is 23.4 Å². The first-order valence-corrected chi connectivity index (χ1v) is 10.2. The normalized spacial score (nSPS) is 38.7. The molecule has 140 valence electrons. The first-order valence-electron chi connectivity index (χ1n) is 10.2. The van der Waals surface area contributed by atoms with Crippen LogP contribution >= 0.6 is 0 Å². The monoisotopic (exact) mass is 356 g/mol. The first kappa shape index (κ1) is 16.6. The van der Waals surface area contributed by atoms with E-state index in [2.05, 4.69) is 13.8 Å². The summed E-state index contributed by atoms with van der Waals surface area (Å²) in [6.45, 7) is 4.33. The molecule has 0 spiro atoms. The smallest absolute Gasteiger partial charge is 0.174 e. The van der Waals surface area contributed by atoms with E-state index >= 15 is 0 Å². The summed E-state index contributed by atoms with van der Waals surface area (Å²) in [6.07, 6.45) is 5.44. The molecule has 0 saturated heterocycles. The van der Waals surface area contributed by atoms with Crippen molar-refractivity contribution in [2.24, 2.45) is 17.8 Å². The Balaban J connectivity index is 1.71. The molecule has 0 amide bonds. The van der Waals surface area contributed by atoms with Crippen LogP contribution in [0.2, 0.25) is 0 Å². The quantitative estimate of drug-likeness (QED) is 0.866. The standard InChI is InChI=1S/C22H28O4/c1-3-21-18-14-6-7-16(23)19(18)26-20(21)17(24)8-9-22(21,25)15(11-14)12(2)10-13-4-5-13/h6-7,12-13,15,20,23,25H,3-5,8-11H2,1-2H3/t12?,15-,20-,21-,22+/m0/s1. The van der Waals surface area contributed by atoms with Gasteiger partial charge in [-0.1, -0.05) is 32.8 Å². The van der Waals surface area contributed by atoms with Crippen LogP contribution in [-0.2, 0) is 16.6 Å². The Bertz CT molecular complexity index is 783. The summed E-state index contributed by atoms with van der Waals surface area (Å²) in [7, 11) is 0. The predicted molar refractivity (Wildman–Crippen MR) is 97.4 cm³/mol. The molecule has 2 N–H and O–H groups in total. The topological polar surface area (TPSA) is 66.8 Å². The molecule has 0 aromatic heterocycles. The van der Waals surface area contributed by atoms with Gasteiger partial charge in [-0.05, 0) is 55.1 Å². The number of rotatable bonds is 4. The highest BCUT2D eigenvalue weighted by molar-refractivity contribution is 5.89. The SMILES string of the molecule is CC[C@]12c3c4ccc(O)c3O[C@H]1C(=O)CC[C@@]2(O)[C@H](C(C)CC1CC1)C4. The zero-order valence-corrected chi connectivity index (χ0v) is 15.6. The number of carbonyl (C=O) groups is 1. The van der Waals surface area contributed by atoms with Gasteiger partial charge in [-0.15, -0.1) is 0 Å². The second-order valence-corrected chi connectivity index (χ2v) is 9.13. The predicted octanol–water partition coefficient (Wildman–Crippen LogP) is 3.50. The molecule has 26 heavy (non-hydrogen) atoms. The minimum absolute atomic E-state index is 0.0635. The first-order chi connectivity index (χ1) is 12.4. The molecule has 1 aliphatic heterocycles. The van der Waals surface area contributed by atoms with Crippen LogP contribution in [0.15, 0.2) is 12.1 Å². The van der Waals surface area contributed by atoms with Gasteiger partial charge in [0.1, 0.15) is 0 Å². The fourth-order valence-corrected chi connectivity index (χ4v) is 6.50. The maximum atomic E-state index is 12.8. The lowest BCUT2D eigenvalue weighted by Gasteiger charge is -2.58. The second kappa shape index (κ2) is 5.25. The van der Waals surface area contributed by atoms with Crippen molar-refractivity contribution in [3.63, 3.8) is 0 Å². The van der Waals surface area contributed by atoms with Crippen molar-refractivity contribution in [2.45, 2.75) is 75.9 Å². The molecule has 2 fully saturated rings. The number of ketones is 1. The fraction of sp³-hybridized carbons (Fsp3) is 0.682. The van der Waals surface area contributed by atoms with Crippen molar-refractivity contribution in [1.82, 2.24) is 0 Å². The number of aliphatic hydroxyl groups is 1. The second-order valence-electron chi connectivity index (χ2n) is 9.13. The minimum atomic E-state index is -0.944. The van der Waals surface area contributed by atoms with E-state index in [9.17, 15) is 15.0 Å². The Hall–Kier alpha value is -1.55. The third-order valence-corrected chi connectivity index (χ3v) is 7.87. The average molecular weight is 356 g/mol. The van der Waals surface area contributed by atoms with Gasteiger partial charge < -0.3 is 14.9 Å². The van der Waals surface area contributed by atoms with Gasteiger partial charge in [-0.25, -0.2) is 0 Å². The molecular weight excluding hydrogens is 328 g/mol. The number of phenolic OH excluding ortho intramolecular Hbond substituents is 1. The molecule has 5 rings (SSSR count). The number of benzene rings is 1. The summed E-state index contributed by atoms with van der Waals surface area (Å²) in [6, 6.07) is 3.67. The maximum Gasteiger partial charge on any atom is 0.174 e. The van der Waals surface area contributed by atoms with Crippen LogP contribution in [0.5, 0.6) is 11.5 Å². The van der Waals surface area contributed by atoms with Crippen LogP contribution in [0, 0.1) is 17.8 Å². The van der Waals surface area contributed by atoms with E-state index in [1.165, 1.54) is 12.8 Å². The molecular formula is C22H28O4. The zero-order valence-electron chi connectivity index (χ0n) is 15.6. The van der Waals surface area contributed by atoms with Gasteiger partial charge in [0.05, 0.1) is 11.0 Å². The molecule has 0 bridgehead atoms. The molecule has 1 aromatic rings. The van der Waals surface area contributed by atoms with E-state index < -0.39 is 17.1 Å². The molecule has 4 aliphatic rings. The Labute approximate surface area is 154 Å². The molecule has 4 heteroatoms. The van der Waals surface area contributed by atoms with Gasteiger partial charge in [0, 0.05) is 12.0 Å². The third kappa shape index (κ3) is 1.86. The number of aromatic hydroxyl groups is 1. The molecule has 0 radical (unpaired) electrons. The van der Waals surface area contributed by atoms with E-state index in [0.717, 1.165) is 29.9 Å². The largest absolute Gasteiger partial charge is 0.504 e. The van der Waals surface area contributed by atoms with Gasteiger partial charge >= 0.3 is 0 Å². The van der Waals surface area contributed by atoms with Crippen LogP contribution in [-0.4, -0.2) is 27.7 Å². The molecule has 1 aromatic carbocycles. The fourth-order valence-electron chi connectivity index (χ4n) is 6.50. The van der Waals surface area contributed by atoms with Gasteiger partial charge in [-0.3, -0.25) is 4.79 Å². The summed E-state index contributed by atoms with van der Waals surface area (Å²) in [5.41, 5.74) is 0.400. The summed E-state index contributed by atoms with van der Waals surface area (Å²) < 4.78 is 6.07. The molecule has 4 nitrogen and oxygen atoms in total. The Morgan fingerprint density at radius 1 is 1.35 bits per heavy atom. The van der Waals surface area contributed by atoms with Crippen molar-refractivity contribution < 1.29 is 19.7 Å². The molecule has 3 aliphatic carbocycles. The molecule has 1 heterocycles. The van der Waals surface area contributed by atoms with E-state index in [4.69, 9.17) is 4.74 Å². The summed E-state index contributed by atoms with van der Waals surface area (Å²) in [4.78, 5) is 12.8. The highest BCUT2D eigenvalue weighted by atomic mass is 16.5. The average Bonchev–Trinajstić information content (AvgIpc) is 3.34. The van der Waals surface area contributed by atoms with Gasteiger partial charge in [0.25, 0.3) is 0 Å². The third-order valence-electron chi connectivity index (χ3n) is 7.87. The van der Waals surface area contributed by atoms with Crippen LogP contribution < -0.4 is 4.74 Å². The van der Waals surface area contributed by atoms with Crippen LogP contribution in [0.25, 0.3) is 0 Å². The van der Waals surface area contributed by atoms with Crippen molar-refractivity contribution >= 4 is 5.78 Å². The van der Waals surface area contributed by atoms with E-state index in [0.29, 0.717) is 30.9 Å². The number of hydrogen-bond acceptors (Lipinski definition) is 4. The lowest BCUT2D eigenvalue weighted by Crippen LogP contribution is -2.68. The van der Waals surface area contributed by atoms with Crippen molar-refractivity contribution in [1.29, 1.82) is 0 Å². The van der Waals surface area contributed by atoms with Crippen LogP contribution in [0.3, 0.4) is 0 Å².